The minimum Gasteiger partial charge on any atom is -0.371 e. The summed E-state index contributed by atoms with van der Waals surface area (Å²) >= 11 is 0. The molecule has 0 saturated carbocycles. The van der Waals surface area contributed by atoms with E-state index in [2.05, 4.69) is 33.9 Å². The highest BCUT2D eigenvalue weighted by atomic mass is 15.1. The summed E-state index contributed by atoms with van der Waals surface area (Å²) in [7, 11) is 0. The van der Waals surface area contributed by atoms with E-state index in [4.69, 9.17) is 0 Å². The Labute approximate surface area is 104 Å². The second kappa shape index (κ2) is 6.40. The normalized spacial score (nSPS) is 17.1. The predicted molar refractivity (Wildman–Crippen MR) is 72.3 cm³/mol. The maximum absolute atomic E-state index is 4.06. The van der Waals surface area contributed by atoms with Crippen LogP contribution in [-0.2, 0) is 0 Å². The lowest BCUT2D eigenvalue weighted by Crippen LogP contribution is -2.42. The van der Waals surface area contributed by atoms with E-state index in [1.807, 2.05) is 18.5 Å². The maximum atomic E-state index is 4.06. The van der Waals surface area contributed by atoms with E-state index in [9.17, 15) is 0 Å². The molecule has 1 saturated heterocycles. The van der Waals surface area contributed by atoms with Crippen LogP contribution in [0.15, 0.2) is 37.2 Å². The molecular formula is C14H21N3. The Morgan fingerprint density at radius 2 is 2.06 bits per heavy atom. The van der Waals surface area contributed by atoms with Gasteiger partial charge in [-0.3, -0.25) is 4.98 Å². The van der Waals surface area contributed by atoms with Crippen LogP contribution in [0, 0.1) is 0 Å². The first-order chi connectivity index (χ1) is 8.40. The van der Waals surface area contributed by atoms with Crippen LogP contribution in [0.25, 0.3) is 0 Å². The topological polar surface area (TPSA) is 28.2 Å². The van der Waals surface area contributed by atoms with Gasteiger partial charge >= 0.3 is 0 Å². The minimum absolute atomic E-state index is 0.674. The third-order valence-electron chi connectivity index (χ3n) is 3.30. The van der Waals surface area contributed by atoms with Gasteiger partial charge in [-0.05, 0) is 37.9 Å². The van der Waals surface area contributed by atoms with Crippen molar-refractivity contribution >= 4 is 5.69 Å². The number of piperidine rings is 1. The van der Waals surface area contributed by atoms with Crippen LogP contribution in [0.1, 0.15) is 19.3 Å². The van der Waals surface area contributed by atoms with Crippen LogP contribution >= 0.6 is 0 Å². The lowest BCUT2D eigenvalue weighted by atomic mass is 10.0. The van der Waals surface area contributed by atoms with Crippen LogP contribution in [0.2, 0.25) is 0 Å². The number of anilines is 1. The molecule has 0 aliphatic carbocycles. The molecule has 1 fully saturated rings. The van der Waals surface area contributed by atoms with Gasteiger partial charge in [-0.1, -0.05) is 6.08 Å². The number of rotatable bonds is 5. The summed E-state index contributed by atoms with van der Waals surface area (Å²) in [6, 6.07) is 4.85. The van der Waals surface area contributed by atoms with Crippen molar-refractivity contribution in [1.29, 1.82) is 0 Å². The van der Waals surface area contributed by atoms with E-state index < -0.39 is 0 Å². The second-order valence-corrected chi connectivity index (χ2v) is 4.50. The third-order valence-corrected chi connectivity index (χ3v) is 3.30. The standard InChI is InChI=1S/C14H21N3/c1-2-3-8-16-13-6-11-17(12-7-13)14-4-9-15-10-5-14/h2,4-5,9-10,13,16H,1,3,6-8,11-12H2. The zero-order chi connectivity index (χ0) is 11.9. The quantitative estimate of drug-likeness (QED) is 0.622. The van der Waals surface area contributed by atoms with Gasteiger partial charge in [0.2, 0.25) is 0 Å². The highest BCUT2D eigenvalue weighted by Gasteiger charge is 2.18. The number of hydrogen-bond donors (Lipinski definition) is 1. The highest BCUT2D eigenvalue weighted by molar-refractivity contribution is 5.44. The first-order valence-corrected chi connectivity index (χ1v) is 6.39. The van der Waals surface area contributed by atoms with Crippen molar-refractivity contribution < 1.29 is 0 Å². The number of aromatic nitrogens is 1. The molecule has 1 N–H and O–H groups in total. The zero-order valence-corrected chi connectivity index (χ0v) is 10.3. The van der Waals surface area contributed by atoms with Gasteiger partial charge in [0.15, 0.2) is 0 Å². The fourth-order valence-corrected chi connectivity index (χ4v) is 2.29. The van der Waals surface area contributed by atoms with Gasteiger partial charge in [-0.2, -0.15) is 0 Å². The minimum atomic E-state index is 0.674. The summed E-state index contributed by atoms with van der Waals surface area (Å²) in [6.45, 7) is 7.07. The molecular weight excluding hydrogens is 210 g/mol. The summed E-state index contributed by atoms with van der Waals surface area (Å²) in [5, 5.41) is 3.58. The fraction of sp³-hybridized carbons (Fsp3) is 0.500. The second-order valence-electron chi connectivity index (χ2n) is 4.50. The van der Waals surface area contributed by atoms with E-state index in [1.165, 1.54) is 18.5 Å². The Bertz CT molecular complexity index is 329. The Morgan fingerprint density at radius 1 is 1.35 bits per heavy atom. The molecule has 3 heteroatoms. The summed E-state index contributed by atoms with van der Waals surface area (Å²) in [5.41, 5.74) is 1.30. The van der Waals surface area contributed by atoms with Crippen molar-refractivity contribution in [1.82, 2.24) is 10.3 Å². The van der Waals surface area contributed by atoms with E-state index in [0.29, 0.717) is 6.04 Å². The Balaban J connectivity index is 1.76. The molecule has 0 atom stereocenters. The van der Waals surface area contributed by atoms with Crippen molar-refractivity contribution in [2.45, 2.75) is 25.3 Å². The third kappa shape index (κ3) is 3.56. The van der Waals surface area contributed by atoms with Gasteiger partial charge in [0.1, 0.15) is 0 Å². The summed E-state index contributed by atoms with van der Waals surface area (Å²) in [5.74, 6) is 0. The van der Waals surface area contributed by atoms with E-state index in [1.54, 1.807) is 0 Å². The molecule has 0 bridgehead atoms. The maximum Gasteiger partial charge on any atom is 0.0397 e. The molecule has 0 amide bonds. The van der Waals surface area contributed by atoms with Crippen LogP contribution in [-0.4, -0.2) is 30.7 Å². The van der Waals surface area contributed by atoms with Crippen molar-refractivity contribution in [2.75, 3.05) is 24.5 Å². The van der Waals surface area contributed by atoms with Crippen molar-refractivity contribution in [2.24, 2.45) is 0 Å². The molecule has 2 rings (SSSR count). The zero-order valence-electron chi connectivity index (χ0n) is 10.3. The molecule has 0 aromatic carbocycles. The molecule has 0 spiro atoms. The Hall–Kier alpha value is -1.35. The summed E-state index contributed by atoms with van der Waals surface area (Å²) in [6.07, 6.45) is 9.20. The average molecular weight is 231 g/mol. The number of nitrogens with one attached hydrogen (secondary N) is 1. The van der Waals surface area contributed by atoms with E-state index in [0.717, 1.165) is 26.1 Å². The molecule has 1 aliphatic heterocycles. The van der Waals surface area contributed by atoms with Crippen molar-refractivity contribution in [3.63, 3.8) is 0 Å². The largest absolute Gasteiger partial charge is 0.371 e. The van der Waals surface area contributed by atoms with E-state index in [-0.39, 0.29) is 0 Å². The van der Waals surface area contributed by atoms with Crippen LogP contribution in [0.4, 0.5) is 5.69 Å². The monoisotopic (exact) mass is 231 g/mol. The first kappa shape index (κ1) is 12.1. The average Bonchev–Trinajstić information content (AvgIpc) is 2.41. The number of pyridine rings is 1. The van der Waals surface area contributed by atoms with Gasteiger partial charge in [0.25, 0.3) is 0 Å². The van der Waals surface area contributed by atoms with Gasteiger partial charge in [0.05, 0.1) is 0 Å². The van der Waals surface area contributed by atoms with Gasteiger partial charge in [0, 0.05) is 37.2 Å². The molecule has 1 aromatic heterocycles. The van der Waals surface area contributed by atoms with Crippen LogP contribution in [0.3, 0.4) is 0 Å². The van der Waals surface area contributed by atoms with Crippen LogP contribution < -0.4 is 10.2 Å². The lowest BCUT2D eigenvalue weighted by Gasteiger charge is -2.34. The number of nitrogens with zero attached hydrogens (tertiary/aromatic N) is 2. The van der Waals surface area contributed by atoms with Crippen LogP contribution in [0.5, 0.6) is 0 Å². The Morgan fingerprint density at radius 3 is 2.71 bits per heavy atom. The SMILES string of the molecule is C=CCCNC1CCN(c2ccncc2)CC1. The Kier molecular flexibility index (Phi) is 4.56. The van der Waals surface area contributed by atoms with Gasteiger partial charge in [-0.25, -0.2) is 0 Å². The number of hydrogen-bond acceptors (Lipinski definition) is 3. The van der Waals surface area contributed by atoms with E-state index >= 15 is 0 Å². The first-order valence-electron chi connectivity index (χ1n) is 6.39. The molecule has 3 nitrogen and oxygen atoms in total. The molecule has 1 aliphatic rings. The molecule has 0 unspecified atom stereocenters. The van der Waals surface area contributed by atoms with Crippen molar-refractivity contribution in [3.8, 4) is 0 Å². The molecule has 1 aromatic rings. The molecule has 2 heterocycles. The molecule has 92 valence electrons. The lowest BCUT2D eigenvalue weighted by molar-refractivity contribution is 0.419. The summed E-state index contributed by atoms with van der Waals surface area (Å²) in [4.78, 5) is 6.49. The summed E-state index contributed by atoms with van der Waals surface area (Å²) < 4.78 is 0. The smallest absolute Gasteiger partial charge is 0.0397 e. The van der Waals surface area contributed by atoms with Crippen molar-refractivity contribution in [3.05, 3.63) is 37.2 Å². The van der Waals surface area contributed by atoms with Gasteiger partial charge < -0.3 is 10.2 Å². The fourth-order valence-electron chi connectivity index (χ4n) is 2.29. The van der Waals surface area contributed by atoms with Gasteiger partial charge in [-0.15, -0.1) is 6.58 Å². The highest BCUT2D eigenvalue weighted by Crippen LogP contribution is 2.18. The predicted octanol–water partition coefficient (Wildman–Crippen LogP) is 2.22. The molecule has 17 heavy (non-hydrogen) atoms. The molecule has 0 radical (unpaired) electrons.